The molecule has 1 N–H and O–H groups in total. The summed E-state index contributed by atoms with van der Waals surface area (Å²) in [6.45, 7) is 7.54. The van der Waals surface area contributed by atoms with Gasteiger partial charge < -0.3 is 10.2 Å². The number of carbonyl (C=O) groups is 2. The second kappa shape index (κ2) is 8.00. The highest BCUT2D eigenvalue weighted by molar-refractivity contribution is 5.96. The lowest BCUT2D eigenvalue weighted by Gasteiger charge is -2.35. The fourth-order valence-electron chi connectivity index (χ4n) is 3.18. The van der Waals surface area contributed by atoms with Crippen LogP contribution >= 0.6 is 0 Å². The summed E-state index contributed by atoms with van der Waals surface area (Å²) >= 11 is 0. The van der Waals surface area contributed by atoms with Crippen molar-refractivity contribution in [2.24, 2.45) is 0 Å². The Morgan fingerprint density at radius 2 is 1.68 bits per heavy atom. The minimum absolute atomic E-state index is 0.0810. The number of hydrogen-bond donors (Lipinski definition) is 1. The highest BCUT2D eigenvalue weighted by atomic mass is 19.1. The van der Waals surface area contributed by atoms with Crippen LogP contribution in [-0.2, 0) is 6.54 Å². The molecule has 1 heterocycles. The van der Waals surface area contributed by atoms with Crippen LogP contribution in [0.5, 0.6) is 0 Å². The van der Waals surface area contributed by atoms with Crippen LogP contribution in [0.25, 0.3) is 0 Å². The number of nitrogens with zero attached hydrogens (tertiary/aromatic N) is 2. The van der Waals surface area contributed by atoms with Crippen molar-refractivity contribution in [3.63, 3.8) is 0 Å². The first kappa shape index (κ1) is 19.9. The average Bonchev–Trinajstić information content (AvgIpc) is 2.64. The molecule has 1 saturated heterocycles. The highest BCUT2D eigenvalue weighted by Crippen LogP contribution is 2.22. The Kier molecular flexibility index (Phi) is 5.68. The number of urea groups is 1. The van der Waals surface area contributed by atoms with Crippen LogP contribution < -0.4 is 10.2 Å². The monoisotopic (exact) mass is 383 g/mol. The Morgan fingerprint density at radius 3 is 2.29 bits per heavy atom. The van der Waals surface area contributed by atoms with E-state index in [2.05, 4.69) is 5.32 Å². The number of anilines is 1. The first-order chi connectivity index (χ1) is 13.2. The topological polar surface area (TPSA) is 52.7 Å². The van der Waals surface area contributed by atoms with Crippen LogP contribution in [0.1, 0.15) is 43.1 Å². The van der Waals surface area contributed by atoms with Crippen LogP contribution in [0, 0.1) is 5.82 Å². The number of halogens is 1. The molecular weight excluding hydrogens is 357 g/mol. The fraction of sp³-hybridized carbons (Fsp3) is 0.364. The SMILES string of the molecule is CC(C)(C)NC(=O)c1ccc(N2CCCN(Cc3ccc(F)cc3)C2=O)cc1. The Labute approximate surface area is 165 Å². The van der Waals surface area contributed by atoms with E-state index in [4.69, 9.17) is 0 Å². The molecule has 2 aromatic carbocycles. The molecule has 0 spiro atoms. The van der Waals surface area contributed by atoms with E-state index in [1.165, 1.54) is 12.1 Å². The van der Waals surface area contributed by atoms with Crippen LogP contribution in [-0.4, -0.2) is 35.5 Å². The van der Waals surface area contributed by atoms with Gasteiger partial charge in [-0.15, -0.1) is 0 Å². The second-order valence-corrected chi connectivity index (χ2v) is 8.09. The molecule has 0 aromatic heterocycles. The molecule has 2 aromatic rings. The molecule has 1 aliphatic rings. The maximum Gasteiger partial charge on any atom is 0.324 e. The van der Waals surface area contributed by atoms with Gasteiger partial charge in [-0.2, -0.15) is 0 Å². The lowest BCUT2D eigenvalue weighted by molar-refractivity contribution is 0.0919. The van der Waals surface area contributed by atoms with E-state index in [-0.39, 0.29) is 23.3 Å². The average molecular weight is 383 g/mol. The summed E-state index contributed by atoms with van der Waals surface area (Å²) in [4.78, 5) is 28.6. The van der Waals surface area contributed by atoms with E-state index >= 15 is 0 Å². The van der Waals surface area contributed by atoms with Crippen molar-refractivity contribution in [2.45, 2.75) is 39.3 Å². The van der Waals surface area contributed by atoms with Gasteiger partial charge in [-0.25, -0.2) is 9.18 Å². The van der Waals surface area contributed by atoms with Gasteiger partial charge in [0.2, 0.25) is 0 Å². The van der Waals surface area contributed by atoms with E-state index in [0.29, 0.717) is 25.2 Å². The molecule has 0 radical (unpaired) electrons. The lowest BCUT2D eigenvalue weighted by Crippen LogP contribution is -2.49. The third-order valence-corrected chi connectivity index (χ3v) is 4.53. The number of rotatable bonds is 4. The molecule has 0 bridgehead atoms. The van der Waals surface area contributed by atoms with Crippen molar-refractivity contribution in [3.8, 4) is 0 Å². The molecule has 1 aliphatic heterocycles. The van der Waals surface area contributed by atoms with Gasteiger partial charge in [-0.05, 0) is 69.2 Å². The zero-order valence-electron chi connectivity index (χ0n) is 16.5. The minimum atomic E-state index is -0.306. The molecule has 1 fully saturated rings. The molecule has 0 atom stereocenters. The first-order valence-corrected chi connectivity index (χ1v) is 9.46. The van der Waals surface area contributed by atoms with Gasteiger partial charge in [0.05, 0.1) is 0 Å². The second-order valence-electron chi connectivity index (χ2n) is 8.09. The lowest BCUT2D eigenvalue weighted by atomic mass is 10.1. The Bertz CT molecular complexity index is 842. The number of nitrogens with one attached hydrogen (secondary N) is 1. The zero-order chi connectivity index (χ0) is 20.3. The molecule has 148 valence electrons. The summed E-state index contributed by atoms with van der Waals surface area (Å²) in [5.74, 6) is -0.423. The van der Waals surface area contributed by atoms with Crippen molar-refractivity contribution in [1.82, 2.24) is 10.2 Å². The summed E-state index contributed by atoms with van der Waals surface area (Å²) in [6, 6.07) is 13.2. The Hall–Kier alpha value is -2.89. The predicted molar refractivity (Wildman–Crippen MR) is 108 cm³/mol. The third kappa shape index (κ3) is 4.88. The maximum atomic E-state index is 13.1. The summed E-state index contributed by atoms with van der Waals surface area (Å²) in [5, 5.41) is 2.93. The molecule has 0 aliphatic carbocycles. The van der Waals surface area contributed by atoms with E-state index in [1.807, 2.05) is 20.8 Å². The van der Waals surface area contributed by atoms with E-state index in [0.717, 1.165) is 17.7 Å². The number of carbonyl (C=O) groups excluding carboxylic acids is 2. The van der Waals surface area contributed by atoms with Gasteiger partial charge in [-0.3, -0.25) is 9.69 Å². The standard InChI is InChI=1S/C22H26FN3O2/c1-22(2,3)24-20(27)17-7-11-19(12-8-17)26-14-4-13-25(21(26)28)15-16-5-9-18(23)10-6-16/h5-12H,4,13-15H2,1-3H3,(H,24,27). The molecule has 6 heteroatoms. The zero-order valence-corrected chi connectivity index (χ0v) is 16.5. The Balaban J connectivity index is 1.69. The fourth-order valence-corrected chi connectivity index (χ4v) is 3.18. The van der Waals surface area contributed by atoms with Crippen LogP contribution in [0.2, 0.25) is 0 Å². The number of hydrogen-bond acceptors (Lipinski definition) is 2. The van der Waals surface area contributed by atoms with Crippen molar-refractivity contribution in [1.29, 1.82) is 0 Å². The highest BCUT2D eigenvalue weighted by Gasteiger charge is 2.27. The van der Waals surface area contributed by atoms with Gasteiger partial charge in [-0.1, -0.05) is 12.1 Å². The normalized spacial score (nSPS) is 14.9. The van der Waals surface area contributed by atoms with E-state index < -0.39 is 0 Å². The minimum Gasteiger partial charge on any atom is -0.347 e. The molecule has 28 heavy (non-hydrogen) atoms. The molecule has 3 rings (SSSR count). The van der Waals surface area contributed by atoms with E-state index in [1.54, 1.807) is 46.2 Å². The van der Waals surface area contributed by atoms with E-state index in [9.17, 15) is 14.0 Å². The smallest absolute Gasteiger partial charge is 0.324 e. The van der Waals surface area contributed by atoms with Crippen LogP contribution in [0.4, 0.5) is 14.9 Å². The van der Waals surface area contributed by atoms with Gasteiger partial charge >= 0.3 is 6.03 Å². The summed E-state index contributed by atoms with van der Waals surface area (Å²) < 4.78 is 13.1. The van der Waals surface area contributed by atoms with Crippen molar-refractivity contribution >= 4 is 17.6 Å². The molecule has 5 nitrogen and oxygen atoms in total. The van der Waals surface area contributed by atoms with Crippen molar-refractivity contribution in [3.05, 3.63) is 65.5 Å². The summed E-state index contributed by atoms with van der Waals surface area (Å²) in [6.07, 6.45) is 0.846. The third-order valence-electron chi connectivity index (χ3n) is 4.53. The Morgan fingerprint density at radius 1 is 1.04 bits per heavy atom. The van der Waals surface area contributed by atoms with Gasteiger partial charge in [0, 0.05) is 36.4 Å². The molecule has 3 amide bonds. The van der Waals surface area contributed by atoms with Crippen molar-refractivity contribution < 1.29 is 14.0 Å². The molecule has 0 saturated carbocycles. The number of benzene rings is 2. The van der Waals surface area contributed by atoms with Crippen molar-refractivity contribution in [2.75, 3.05) is 18.0 Å². The predicted octanol–water partition coefficient (Wildman–Crippen LogP) is 4.19. The van der Waals surface area contributed by atoms with Crippen LogP contribution in [0.3, 0.4) is 0 Å². The molecule has 0 unspecified atom stereocenters. The molecular formula is C22H26FN3O2. The summed E-state index contributed by atoms with van der Waals surface area (Å²) in [7, 11) is 0. The maximum absolute atomic E-state index is 13.1. The van der Waals surface area contributed by atoms with Gasteiger partial charge in [0.25, 0.3) is 5.91 Å². The first-order valence-electron chi connectivity index (χ1n) is 9.46. The number of amides is 3. The van der Waals surface area contributed by atoms with Gasteiger partial charge in [0.15, 0.2) is 0 Å². The van der Waals surface area contributed by atoms with Crippen LogP contribution in [0.15, 0.2) is 48.5 Å². The summed E-state index contributed by atoms with van der Waals surface area (Å²) in [5.41, 5.74) is 1.91. The van der Waals surface area contributed by atoms with Gasteiger partial charge in [0.1, 0.15) is 5.82 Å². The largest absolute Gasteiger partial charge is 0.347 e. The quantitative estimate of drug-likeness (QED) is 0.861.